The number of hydrogen-bond acceptors (Lipinski definition) is 2. The van der Waals surface area contributed by atoms with Crippen molar-refractivity contribution < 1.29 is 0 Å². The number of aryl methyl sites for hydroxylation is 1. The van der Waals surface area contributed by atoms with Crippen LogP contribution in [0.15, 0.2) is 29.2 Å². The summed E-state index contributed by atoms with van der Waals surface area (Å²) in [4.78, 5) is 1.42. The predicted octanol–water partition coefficient (Wildman–Crippen LogP) is 3.87. The molecule has 1 aromatic rings. The van der Waals surface area contributed by atoms with E-state index in [4.69, 9.17) is 0 Å². The van der Waals surface area contributed by atoms with Gasteiger partial charge in [-0.2, -0.15) is 0 Å². The molecule has 0 radical (unpaired) electrons. The van der Waals surface area contributed by atoms with Gasteiger partial charge in [-0.15, -0.1) is 11.8 Å². The first kappa shape index (κ1) is 13.6. The SMILES string of the molecule is CCCNC(CC)CSc1ccccc1C. The number of nitrogens with one attached hydrogen (secondary N) is 1. The summed E-state index contributed by atoms with van der Waals surface area (Å²) in [7, 11) is 0. The number of rotatable bonds is 7. The molecule has 1 rings (SSSR count). The molecule has 0 aliphatic carbocycles. The van der Waals surface area contributed by atoms with Gasteiger partial charge in [-0.25, -0.2) is 0 Å². The van der Waals surface area contributed by atoms with Gasteiger partial charge in [0.25, 0.3) is 0 Å². The molecule has 90 valence electrons. The van der Waals surface area contributed by atoms with Gasteiger partial charge in [0, 0.05) is 16.7 Å². The zero-order valence-electron chi connectivity index (χ0n) is 10.6. The van der Waals surface area contributed by atoms with Crippen molar-refractivity contribution in [2.45, 2.75) is 44.6 Å². The summed E-state index contributed by atoms with van der Waals surface area (Å²) < 4.78 is 0. The fraction of sp³-hybridized carbons (Fsp3) is 0.571. The maximum atomic E-state index is 3.59. The van der Waals surface area contributed by atoms with Gasteiger partial charge >= 0.3 is 0 Å². The molecule has 0 aromatic heterocycles. The van der Waals surface area contributed by atoms with E-state index in [0.29, 0.717) is 6.04 Å². The Hall–Kier alpha value is -0.470. The Kier molecular flexibility index (Phi) is 6.58. The van der Waals surface area contributed by atoms with E-state index in [2.05, 4.69) is 50.4 Å². The van der Waals surface area contributed by atoms with E-state index >= 15 is 0 Å². The summed E-state index contributed by atoms with van der Waals surface area (Å²) in [5.41, 5.74) is 1.39. The third-order valence-corrected chi connectivity index (χ3v) is 4.05. The number of thioether (sulfide) groups is 1. The van der Waals surface area contributed by atoms with Crippen molar-refractivity contribution >= 4 is 11.8 Å². The fourth-order valence-corrected chi connectivity index (χ4v) is 2.78. The topological polar surface area (TPSA) is 12.0 Å². The molecule has 16 heavy (non-hydrogen) atoms. The Morgan fingerprint density at radius 3 is 2.62 bits per heavy atom. The normalized spacial score (nSPS) is 12.7. The largest absolute Gasteiger partial charge is 0.313 e. The highest BCUT2D eigenvalue weighted by molar-refractivity contribution is 7.99. The van der Waals surface area contributed by atoms with Crippen molar-refractivity contribution in [3.05, 3.63) is 29.8 Å². The van der Waals surface area contributed by atoms with Crippen molar-refractivity contribution in [1.29, 1.82) is 0 Å². The summed E-state index contributed by atoms with van der Waals surface area (Å²) in [6.45, 7) is 7.79. The first-order valence-electron chi connectivity index (χ1n) is 6.19. The average Bonchev–Trinajstić information content (AvgIpc) is 2.31. The Morgan fingerprint density at radius 2 is 2.00 bits per heavy atom. The quantitative estimate of drug-likeness (QED) is 0.723. The van der Waals surface area contributed by atoms with Crippen LogP contribution in [0.3, 0.4) is 0 Å². The second kappa shape index (κ2) is 7.75. The average molecular weight is 237 g/mol. The van der Waals surface area contributed by atoms with Crippen LogP contribution in [0.25, 0.3) is 0 Å². The molecular formula is C14H23NS. The summed E-state index contributed by atoms with van der Waals surface area (Å²) in [6, 6.07) is 9.27. The van der Waals surface area contributed by atoms with E-state index in [-0.39, 0.29) is 0 Å². The van der Waals surface area contributed by atoms with E-state index in [1.54, 1.807) is 0 Å². The number of benzene rings is 1. The zero-order valence-corrected chi connectivity index (χ0v) is 11.4. The third kappa shape index (κ3) is 4.58. The van der Waals surface area contributed by atoms with Crippen molar-refractivity contribution in [3.8, 4) is 0 Å². The first-order valence-corrected chi connectivity index (χ1v) is 7.18. The van der Waals surface area contributed by atoms with Crippen LogP contribution in [0.1, 0.15) is 32.3 Å². The Balaban J connectivity index is 2.40. The standard InChI is InChI=1S/C14H23NS/c1-4-10-15-13(5-2)11-16-14-9-7-6-8-12(14)3/h6-9,13,15H,4-5,10-11H2,1-3H3. The molecule has 0 aliphatic heterocycles. The van der Waals surface area contributed by atoms with Crippen LogP contribution >= 0.6 is 11.8 Å². The highest BCUT2D eigenvalue weighted by Crippen LogP contribution is 2.22. The maximum Gasteiger partial charge on any atom is 0.0159 e. The molecule has 1 atom stereocenters. The monoisotopic (exact) mass is 237 g/mol. The van der Waals surface area contributed by atoms with Crippen LogP contribution in [-0.2, 0) is 0 Å². The minimum Gasteiger partial charge on any atom is -0.313 e. The molecule has 1 unspecified atom stereocenters. The van der Waals surface area contributed by atoms with Crippen LogP contribution in [0.4, 0.5) is 0 Å². The lowest BCUT2D eigenvalue weighted by Gasteiger charge is -2.16. The summed E-state index contributed by atoms with van der Waals surface area (Å²) in [5, 5.41) is 3.59. The fourth-order valence-electron chi connectivity index (χ4n) is 1.58. The minimum atomic E-state index is 0.643. The van der Waals surface area contributed by atoms with Crippen LogP contribution in [0.2, 0.25) is 0 Å². The molecule has 1 nitrogen and oxygen atoms in total. The summed E-state index contributed by atoms with van der Waals surface area (Å²) >= 11 is 1.97. The van der Waals surface area contributed by atoms with Crippen molar-refractivity contribution in [2.75, 3.05) is 12.3 Å². The van der Waals surface area contributed by atoms with Crippen molar-refractivity contribution in [1.82, 2.24) is 5.32 Å². The maximum absolute atomic E-state index is 3.59. The van der Waals surface area contributed by atoms with Gasteiger partial charge in [0.1, 0.15) is 0 Å². The molecule has 0 bridgehead atoms. The van der Waals surface area contributed by atoms with Crippen molar-refractivity contribution in [3.63, 3.8) is 0 Å². The third-order valence-electron chi connectivity index (χ3n) is 2.71. The van der Waals surface area contributed by atoms with Gasteiger partial charge in [0.05, 0.1) is 0 Å². The van der Waals surface area contributed by atoms with E-state index in [9.17, 15) is 0 Å². The predicted molar refractivity (Wildman–Crippen MR) is 74.3 cm³/mol. The molecule has 1 N–H and O–H groups in total. The second-order valence-corrected chi connectivity index (χ2v) is 5.20. The smallest absolute Gasteiger partial charge is 0.0159 e. The van der Waals surface area contributed by atoms with Gasteiger partial charge in [0.15, 0.2) is 0 Å². The Bertz CT molecular complexity index is 299. The van der Waals surface area contributed by atoms with Crippen LogP contribution in [-0.4, -0.2) is 18.3 Å². The summed E-state index contributed by atoms with van der Waals surface area (Å²) in [6.07, 6.45) is 2.42. The Morgan fingerprint density at radius 1 is 1.25 bits per heavy atom. The van der Waals surface area contributed by atoms with E-state index in [1.807, 2.05) is 11.8 Å². The lowest BCUT2D eigenvalue weighted by atomic mass is 10.2. The molecule has 0 saturated carbocycles. The minimum absolute atomic E-state index is 0.643. The van der Waals surface area contributed by atoms with Gasteiger partial charge in [0.2, 0.25) is 0 Å². The molecule has 0 saturated heterocycles. The van der Waals surface area contributed by atoms with Crippen LogP contribution in [0.5, 0.6) is 0 Å². The molecule has 1 aromatic carbocycles. The molecular weight excluding hydrogens is 214 g/mol. The second-order valence-electron chi connectivity index (χ2n) is 4.14. The van der Waals surface area contributed by atoms with Gasteiger partial charge in [-0.3, -0.25) is 0 Å². The van der Waals surface area contributed by atoms with Crippen LogP contribution < -0.4 is 5.32 Å². The molecule has 2 heteroatoms. The summed E-state index contributed by atoms with van der Waals surface area (Å²) in [5.74, 6) is 1.17. The van der Waals surface area contributed by atoms with E-state index < -0.39 is 0 Å². The van der Waals surface area contributed by atoms with E-state index in [0.717, 1.165) is 6.54 Å². The highest BCUT2D eigenvalue weighted by atomic mass is 32.2. The van der Waals surface area contributed by atoms with Crippen LogP contribution in [0, 0.1) is 6.92 Å². The Labute approximate surface area is 104 Å². The molecule has 0 aliphatic rings. The molecule has 0 amide bonds. The van der Waals surface area contributed by atoms with Gasteiger partial charge < -0.3 is 5.32 Å². The van der Waals surface area contributed by atoms with Gasteiger partial charge in [-0.1, -0.05) is 32.0 Å². The molecule has 0 spiro atoms. The zero-order chi connectivity index (χ0) is 11.8. The first-order chi connectivity index (χ1) is 7.77. The lowest BCUT2D eigenvalue weighted by molar-refractivity contribution is 0.539. The molecule has 0 fully saturated rings. The highest BCUT2D eigenvalue weighted by Gasteiger charge is 2.06. The number of hydrogen-bond donors (Lipinski definition) is 1. The van der Waals surface area contributed by atoms with Gasteiger partial charge in [-0.05, 0) is 37.9 Å². The molecule has 0 heterocycles. The lowest BCUT2D eigenvalue weighted by Crippen LogP contribution is -2.31. The van der Waals surface area contributed by atoms with Crippen molar-refractivity contribution in [2.24, 2.45) is 0 Å². The van der Waals surface area contributed by atoms with E-state index in [1.165, 1.54) is 29.1 Å².